The van der Waals surface area contributed by atoms with Crippen LogP contribution in [0.3, 0.4) is 0 Å². The summed E-state index contributed by atoms with van der Waals surface area (Å²) in [6.07, 6.45) is 4.92. The number of pyridine rings is 1. The molecule has 0 spiro atoms. The van der Waals surface area contributed by atoms with E-state index in [0.717, 1.165) is 6.34 Å². The van der Waals surface area contributed by atoms with Crippen molar-refractivity contribution in [2.24, 2.45) is 4.40 Å². The van der Waals surface area contributed by atoms with Crippen LogP contribution in [-0.2, 0) is 14.8 Å². The third kappa shape index (κ3) is 6.40. The van der Waals surface area contributed by atoms with E-state index in [1.165, 1.54) is 12.3 Å². The normalized spacial score (nSPS) is 15.6. The maximum Gasteiger partial charge on any atom is 0.285 e. The minimum absolute atomic E-state index is 0.00533. The summed E-state index contributed by atoms with van der Waals surface area (Å²) in [7, 11) is -3.84. The Labute approximate surface area is 209 Å². The predicted molar refractivity (Wildman–Crippen MR) is 133 cm³/mol. The zero-order valence-electron chi connectivity index (χ0n) is 18.7. The summed E-state index contributed by atoms with van der Waals surface area (Å²) in [5.41, 5.74) is 0. The smallest absolute Gasteiger partial charge is 0.285 e. The highest BCUT2D eigenvalue weighted by molar-refractivity contribution is 7.90. The van der Waals surface area contributed by atoms with Gasteiger partial charge in [0.15, 0.2) is 6.10 Å². The number of nitrogens with zero attached hydrogens (tertiary/aromatic N) is 4. The number of anilines is 1. The van der Waals surface area contributed by atoms with E-state index >= 15 is 0 Å². The minimum Gasteiger partial charge on any atom is -0.479 e. The molecule has 1 atom stereocenters. The highest BCUT2D eigenvalue weighted by Crippen LogP contribution is 2.32. The Hall–Kier alpha value is -2.82. The van der Waals surface area contributed by atoms with Crippen molar-refractivity contribution >= 4 is 51.3 Å². The number of piperazine rings is 1. The van der Waals surface area contributed by atoms with E-state index in [0.29, 0.717) is 42.8 Å². The summed E-state index contributed by atoms with van der Waals surface area (Å²) in [4.78, 5) is 20.8. The van der Waals surface area contributed by atoms with Gasteiger partial charge in [0.25, 0.3) is 15.9 Å². The summed E-state index contributed by atoms with van der Waals surface area (Å²) in [5.74, 6) is 0.821. The molecule has 1 N–H and O–H groups in total. The molecule has 0 bridgehead atoms. The quantitative estimate of drug-likeness (QED) is 0.416. The number of nitrogens with one attached hydrogen (secondary N) is 1. The van der Waals surface area contributed by atoms with Crippen LogP contribution in [0.5, 0.6) is 5.75 Å². The molecule has 1 aromatic heterocycles. The fourth-order valence-corrected chi connectivity index (χ4v) is 4.32. The SMILES string of the molecule is C/C=C\NC=NS(=O)(=O)c1ccc(N2CCN(C(=O)[C@@H](C)Oc3cccc(Cl)c3Cl)CC2)nc1. The number of ether oxygens (including phenoxy) is 1. The second kappa shape index (κ2) is 11.5. The van der Waals surface area contributed by atoms with Crippen LogP contribution in [0.4, 0.5) is 5.82 Å². The van der Waals surface area contributed by atoms with Gasteiger partial charge in [0.2, 0.25) is 0 Å². The first-order valence-electron chi connectivity index (χ1n) is 10.5. The number of carbonyl (C=O) groups excluding carboxylic acids is 1. The number of amides is 1. The van der Waals surface area contributed by atoms with Gasteiger partial charge in [-0.15, -0.1) is 4.40 Å². The number of hydrogen-bond donors (Lipinski definition) is 1. The standard InChI is InChI=1S/C22H25Cl2N5O4S/c1-3-9-25-15-27-34(31,32)17-7-8-20(26-14-17)28-10-12-29(13-11-28)22(30)16(2)33-19-6-4-5-18(23)21(19)24/h3-9,14-16H,10-13H2,1-2H3,(H,25,27)/b9-3-/t16-/m1/s1. The fraction of sp³-hybridized carbons (Fsp3) is 0.318. The lowest BCUT2D eigenvalue weighted by atomic mass is 10.2. The largest absolute Gasteiger partial charge is 0.479 e. The van der Waals surface area contributed by atoms with Gasteiger partial charge in [-0.2, -0.15) is 8.42 Å². The van der Waals surface area contributed by atoms with Gasteiger partial charge in [-0.05, 0) is 44.3 Å². The lowest BCUT2D eigenvalue weighted by Gasteiger charge is -2.36. The third-order valence-electron chi connectivity index (χ3n) is 5.03. The molecule has 34 heavy (non-hydrogen) atoms. The molecule has 3 rings (SSSR count). The van der Waals surface area contributed by atoms with Gasteiger partial charge < -0.3 is 19.9 Å². The maximum atomic E-state index is 12.8. The second-order valence-electron chi connectivity index (χ2n) is 7.35. The number of sulfonamides is 1. The lowest BCUT2D eigenvalue weighted by molar-refractivity contribution is -0.138. The van der Waals surface area contributed by atoms with Gasteiger partial charge in [-0.1, -0.05) is 35.3 Å². The van der Waals surface area contributed by atoms with Crippen molar-refractivity contribution in [2.75, 3.05) is 31.1 Å². The second-order valence-corrected chi connectivity index (χ2v) is 9.77. The van der Waals surface area contributed by atoms with E-state index in [-0.39, 0.29) is 15.8 Å². The van der Waals surface area contributed by atoms with Crippen molar-refractivity contribution in [3.8, 4) is 5.75 Å². The van der Waals surface area contributed by atoms with Gasteiger partial charge >= 0.3 is 0 Å². The lowest BCUT2D eigenvalue weighted by Crippen LogP contribution is -2.52. The molecule has 0 unspecified atom stereocenters. The van der Waals surface area contributed by atoms with Crippen molar-refractivity contribution in [3.05, 3.63) is 58.8 Å². The Kier molecular flexibility index (Phi) is 8.76. The predicted octanol–water partition coefficient (Wildman–Crippen LogP) is 3.34. The van der Waals surface area contributed by atoms with Crippen LogP contribution in [0.1, 0.15) is 13.8 Å². The molecular weight excluding hydrogens is 501 g/mol. The fourth-order valence-electron chi connectivity index (χ4n) is 3.24. The molecule has 0 saturated carbocycles. The topological polar surface area (TPSA) is 104 Å². The Bertz CT molecular complexity index is 1160. The van der Waals surface area contributed by atoms with Gasteiger partial charge in [0.1, 0.15) is 27.8 Å². The molecule has 0 radical (unpaired) electrons. The third-order valence-corrected chi connectivity index (χ3v) is 7.05. The van der Waals surface area contributed by atoms with Gasteiger partial charge in [-0.3, -0.25) is 4.79 Å². The molecule has 2 heterocycles. The number of hydrogen-bond acceptors (Lipinski definition) is 6. The minimum atomic E-state index is -3.84. The molecule has 0 aliphatic carbocycles. The van der Waals surface area contributed by atoms with Crippen LogP contribution in [0, 0.1) is 0 Å². The highest BCUT2D eigenvalue weighted by atomic mass is 35.5. The number of rotatable bonds is 8. The van der Waals surface area contributed by atoms with Crippen molar-refractivity contribution < 1.29 is 17.9 Å². The molecule has 9 nitrogen and oxygen atoms in total. The first kappa shape index (κ1) is 25.8. The van der Waals surface area contributed by atoms with Crippen molar-refractivity contribution in [2.45, 2.75) is 24.8 Å². The average Bonchev–Trinajstić information content (AvgIpc) is 2.84. The van der Waals surface area contributed by atoms with E-state index < -0.39 is 16.1 Å². The zero-order valence-corrected chi connectivity index (χ0v) is 21.0. The van der Waals surface area contributed by atoms with Gasteiger partial charge in [0.05, 0.1) is 5.02 Å². The van der Waals surface area contributed by atoms with E-state index in [4.69, 9.17) is 27.9 Å². The molecule has 1 amide bonds. The molecule has 1 aliphatic rings. The highest BCUT2D eigenvalue weighted by Gasteiger charge is 2.27. The maximum absolute atomic E-state index is 12.8. The Morgan fingerprint density at radius 1 is 1.21 bits per heavy atom. The van der Waals surface area contributed by atoms with E-state index in [9.17, 15) is 13.2 Å². The first-order chi connectivity index (χ1) is 16.2. The molecule has 182 valence electrons. The van der Waals surface area contributed by atoms with Crippen LogP contribution in [-0.4, -0.2) is 62.8 Å². The van der Waals surface area contributed by atoms with Crippen molar-refractivity contribution in [3.63, 3.8) is 0 Å². The van der Waals surface area contributed by atoms with Crippen LogP contribution >= 0.6 is 23.2 Å². The van der Waals surface area contributed by atoms with Gasteiger partial charge in [0, 0.05) is 32.4 Å². The molecule has 1 aliphatic heterocycles. The number of aromatic nitrogens is 1. The van der Waals surface area contributed by atoms with Crippen LogP contribution in [0.2, 0.25) is 10.0 Å². The Morgan fingerprint density at radius 3 is 2.59 bits per heavy atom. The van der Waals surface area contributed by atoms with Crippen LogP contribution in [0.15, 0.2) is 58.1 Å². The number of benzene rings is 1. The summed E-state index contributed by atoms with van der Waals surface area (Å²) < 4.78 is 33.8. The molecular formula is C22H25Cl2N5O4S. The first-order valence-corrected chi connectivity index (χ1v) is 12.7. The molecule has 1 saturated heterocycles. The number of carbonyl (C=O) groups is 1. The van der Waals surface area contributed by atoms with Crippen LogP contribution < -0.4 is 15.0 Å². The Balaban J connectivity index is 1.56. The van der Waals surface area contributed by atoms with Crippen molar-refractivity contribution in [1.29, 1.82) is 0 Å². The Morgan fingerprint density at radius 2 is 1.94 bits per heavy atom. The molecule has 2 aromatic rings. The summed E-state index contributed by atoms with van der Waals surface area (Å²) in [6, 6.07) is 8.11. The van der Waals surface area contributed by atoms with Crippen molar-refractivity contribution in [1.82, 2.24) is 15.2 Å². The van der Waals surface area contributed by atoms with Gasteiger partial charge in [-0.25, -0.2) is 4.98 Å². The molecule has 1 fully saturated rings. The monoisotopic (exact) mass is 525 g/mol. The summed E-state index contributed by atoms with van der Waals surface area (Å²) in [5, 5.41) is 3.26. The van der Waals surface area contributed by atoms with E-state index in [1.54, 1.807) is 55.3 Å². The number of allylic oxidation sites excluding steroid dienone is 1. The van der Waals surface area contributed by atoms with Crippen LogP contribution in [0.25, 0.3) is 0 Å². The number of halogens is 2. The summed E-state index contributed by atoms with van der Waals surface area (Å²) >= 11 is 12.1. The molecule has 12 heteroatoms. The average molecular weight is 526 g/mol. The summed E-state index contributed by atoms with van der Waals surface area (Å²) in [6.45, 7) is 5.49. The zero-order chi connectivity index (χ0) is 24.7. The molecule has 1 aromatic carbocycles. The van der Waals surface area contributed by atoms with E-state index in [2.05, 4.69) is 14.7 Å². The van der Waals surface area contributed by atoms with E-state index in [1.807, 2.05) is 4.90 Å².